The van der Waals surface area contributed by atoms with Crippen molar-refractivity contribution in [3.05, 3.63) is 27.7 Å². The van der Waals surface area contributed by atoms with Crippen LogP contribution in [-0.2, 0) is 19.4 Å². The van der Waals surface area contributed by atoms with Crippen molar-refractivity contribution in [3.8, 4) is 0 Å². The number of thiazole rings is 1. The molecule has 4 heterocycles. The number of aryl methyl sites for hydroxylation is 2. The zero-order valence-corrected chi connectivity index (χ0v) is 16.1. The molecule has 26 heavy (non-hydrogen) atoms. The van der Waals surface area contributed by atoms with Crippen LogP contribution in [-0.4, -0.2) is 45.4 Å². The van der Waals surface area contributed by atoms with E-state index in [9.17, 15) is 4.79 Å². The van der Waals surface area contributed by atoms with Crippen molar-refractivity contribution in [2.24, 2.45) is 0 Å². The monoisotopic (exact) mass is 372 g/mol. The minimum atomic E-state index is 0.0145. The van der Waals surface area contributed by atoms with Gasteiger partial charge in [0.25, 0.3) is 5.91 Å². The Morgan fingerprint density at radius 2 is 1.96 bits per heavy atom. The molecule has 2 aliphatic rings. The lowest BCUT2D eigenvalue weighted by Crippen LogP contribution is -2.38. The van der Waals surface area contributed by atoms with Gasteiger partial charge in [-0.2, -0.15) is 0 Å². The molecule has 0 saturated carbocycles. The molecule has 1 saturated heterocycles. The molecular weight excluding hydrogens is 348 g/mol. The summed E-state index contributed by atoms with van der Waals surface area (Å²) >= 11 is 1.28. The van der Waals surface area contributed by atoms with Crippen LogP contribution in [0.25, 0.3) is 0 Å². The summed E-state index contributed by atoms with van der Waals surface area (Å²) in [4.78, 5) is 31.6. The van der Waals surface area contributed by atoms with E-state index in [1.807, 2.05) is 18.7 Å². The second-order valence-corrected chi connectivity index (χ2v) is 7.90. The third-order valence-corrected chi connectivity index (χ3v) is 6.01. The maximum atomic E-state index is 13.0. The van der Waals surface area contributed by atoms with Crippen LogP contribution in [0.1, 0.15) is 52.2 Å². The molecule has 0 aliphatic carbocycles. The average Bonchev–Trinajstić information content (AvgIpc) is 3.29. The molecule has 0 unspecified atom stereocenters. The minimum Gasteiger partial charge on any atom is -0.375 e. The Morgan fingerprint density at radius 3 is 2.69 bits per heavy atom. The topological polar surface area (TPSA) is 88.2 Å². The fraction of sp³-hybridized carbons (Fsp3) is 0.556. The Kier molecular flexibility index (Phi) is 4.52. The van der Waals surface area contributed by atoms with Crippen molar-refractivity contribution in [1.82, 2.24) is 19.9 Å². The number of anilines is 2. The fourth-order valence-corrected chi connectivity index (χ4v) is 4.70. The number of carbonyl (C=O) groups is 1. The SMILES string of the molecule is CCc1nc(N)sc1C(=O)N1CCc2c(nc(C)nc2N2CCCC2)C1. The van der Waals surface area contributed by atoms with E-state index in [0.717, 1.165) is 42.5 Å². The van der Waals surface area contributed by atoms with Crippen LogP contribution in [0.2, 0.25) is 0 Å². The number of carbonyl (C=O) groups excluding carboxylic acids is 1. The van der Waals surface area contributed by atoms with Crippen LogP contribution in [0.15, 0.2) is 0 Å². The molecule has 2 N–H and O–H groups in total. The third-order valence-electron chi connectivity index (χ3n) is 5.09. The first-order chi connectivity index (χ1) is 12.6. The standard InChI is InChI=1S/C18H24N6OS/c1-3-13-15(26-18(19)22-13)17(25)24-9-6-12-14(10-24)20-11(2)21-16(12)23-7-4-5-8-23/h3-10H2,1-2H3,(H2,19,22). The maximum absolute atomic E-state index is 13.0. The Bertz CT molecular complexity index is 842. The van der Waals surface area contributed by atoms with Crippen molar-refractivity contribution in [2.75, 3.05) is 30.3 Å². The molecule has 1 amide bonds. The summed E-state index contributed by atoms with van der Waals surface area (Å²) in [6.07, 6.45) is 3.94. The van der Waals surface area contributed by atoms with Gasteiger partial charge in [-0.3, -0.25) is 4.79 Å². The molecule has 0 spiro atoms. The lowest BCUT2D eigenvalue weighted by atomic mass is 10.0. The van der Waals surface area contributed by atoms with E-state index in [1.54, 1.807) is 0 Å². The Hall–Kier alpha value is -2.22. The van der Waals surface area contributed by atoms with Crippen molar-refractivity contribution < 1.29 is 4.79 Å². The summed E-state index contributed by atoms with van der Waals surface area (Å²) in [7, 11) is 0. The summed E-state index contributed by atoms with van der Waals surface area (Å²) in [5.41, 5.74) is 8.80. The van der Waals surface area contributed by atoms with Gasteiger partial charge in [-0.15, -0.1) is 0 Å². The van der Waals surface area contributed by atoms with Crippen molar-refractivity contribution in [2.45, 2.75) is 46.1 Å². The van der Waals surface area contributed by atoms with Crippen molar-refractivity contribution in [3.63, 3.8) is 0 Å². The predicted molar refractivity (Wildman–Crippen MR) is 103 cm³/mol. The Balaban J connectivity index is 1.62. The van der Waals surface area contributed by atoms with Crippen molar-refractivity contribution >= 4 is 28.2 Å². The molecule has 0 aromatic carbocycles. The first-order valence-corrected chi connectivity index (χ1v) is 10.0. The summed E-state index contributed by atoms with van der Waals surface area (Å²) in [5, 5.41) is 0.456. The fourth-order valence-electron chi connectivity index (χ4n) is 3.82. The zero-order valence-electron chi connectivity index (χ0n) is 15.3. The van der Waals surface area contributed by atoms with Gasteiger partial charge in [0, 0.05) is 25.2 Å². The number of nitrogens with zero attached hydrogens (tertiary/aromatic N) is 5. The van der Waals surface area contributed by atoms with E-state index in [0.29, 0.717) is 29.5 Å². The van der Waals surface area contributed by atoms with E-state index in [-0.39, 0.29) is 5.91 Å². The molecule has 0 radical (unpaired) electrons. The number of amides is 1. The first-order valence-electron chi connectivity index (χ1n) is 9.22. The zero-order chi connectivity index (χ0) is 18.3. The van der Waals surface area contributed by atoms with E-state index in [4.69, 9.17) is 10.7 Å². The smallest absolute Gasteiger partial charge is 0.266 e. The third kappa shape index (κ3) is 3.02. The number of rotatable bonds is 3. The molecule has 4 rings (SSSR count). The van der Waals surface area contributed by atoms with Crippen LogP contribution < -0.4 is 10.6 Å². The van der Waals surface area contributed by atoms with Gasteiger partial charge < -0.3 is 15.5 Å². The molecule has 1 fully saturated rings. The van der Waals surface area contributed by atoms with Gasteiger partial charge in [0.15, 0.2) is 5.13 Å². The summed E-state index contributed by atoms with van der Waals surface area (Å²) < 4.78 is 0. The summed E-state index contributed by atoms with van der Waals surface area (Å²) in [6, 6.07) is 0. The molecule has 2 aliphatic heterocycles. The molecule has 8 heteroatoms. The van der Waals surface area contributed by atoms with Gasteiger partial charge in [-0.1, -0.05) is 18.3 Å². The second kappa shape index (κ2) is 6.83. The highest BCUT2D eigenvalue weighted by atomic mass is 32.1. The molecular formula is C18H24N6OS. The number of hydrogen-bond acceptors (Lipinski definition) is 7. The predicted octanol–water partition coefficient (Wildman–Crippen LogP) is 2.18. The highest BCUT2D eigenvalue weighted by molar-refractivity contribution is 7.17. The van der Waals surface area contributed by atoms with Crippen LogP contribution in [0, 0.1) is 6.92 Å². The van der Waals surface area contributed by atoms with Gasteiger partial charge >= 0.3 is 0 Å². The quantitative estimate of drug-likeness (QED) is 0.888. The van der Waals surface area contributed by atoms with E-state index < -0.39 is 0 Å². The number of nitrogen functional groups attached to an aromatic ring is 1. The van der Waals surface area contributed by atoms with Crippen LogP contribution in [0.4, 0.5) is 10.9 Å². The number of aromatic nitrogens is 3. The minimum absolute atomic E-state index is 0.0145. The molecule has 2 aromatic heterocycles. The lowest BCUT2D eigenvalue weighted by molar-refractivity contribution is 0.0735. The first kappa shape index (κ1) is 17.2. The van der Waals surface area contributed by atoms with Gasteiger partial charge in [-0.05, 0) is 32.6 Å². The molecule has 0 atom stereocenters. The van der Waals surface area contributed by atoms with E-state index in [1.165, 1.54) is 29.7 Å². The van der Waals surface area contributed by atoms with Crippen LogP contribution >= 0.6 is 11.3 Å². The van der Waals surface area contributed by atoms with Crippen molar-refractivity contribution in [1.29, 1.82) is 0 Å². The highest BCUT2D eigenvalue weighted by Gasteiger charge is 2.30. The normalized spacial score (nSPS) is 16.8. The van der Waals surface area contributed by atoms with Gasteiger partial charge in [-0.25, -0.2) is 15.0 Å². The largest absolute Gasteiger partial charge is 0.375 e. The number of nitrogens with two attached hydrogens (primary N) is 1. The molecule has 138 valence electrons. The molecule has 0 bridgehead atoms. The summed E-state index contributed by atoms with van der Waals surface area (Å²) in [5.74, 6) is 1.87. The maximum Gasteiger partial charge on any atom is 0.266 e. The van der Waals surface area contributed by atoms with Gasteiger partial charge in [0.1, 0.15) is 16.5 Å². The van der Waals surface area contributed by atoms with Crippen LogP contribution in [0.3, 0.4) is 0 Å². The molecule has 2 aromatic rings. The highest BCUT2D eigenvalue weighted by Crippen LogP contribution is 2.30. The number of hydrogen-bond donors (Lipinski definition) is 1. The van der Waals surface area contributed by atoms with Gasteiger partial charge in [0.2, 0.25) is 0 Å². The number of fused-ring (bicyclic) bond motifs is 1. The van der Waals surface area contributed by atoms with Crippen LogP contribution in [0.5, 0.6) is 0 Å². The average molecular weight is 372 g/mol. The Morgan fingerprint density at radius 1 is 1.19 bits per heavy atom. The van der Waals surface area contributed by atoms with E-state index >= 15 is 0 Å². The molecule has 7 nitrogen and oxygen atoms in total. The summed E-state index contributed by atoms with van der Waals surface area (Å²) in [6.45, 7) is 7.26. The van der Waals surface area contributed by atoms with E-state index in [2.05, 4.69) is 14.9 Å². The van der Waals surface area contributed by atoms with Gasteiger partial charge in [0.05, 0.1) is 17.9 Å². The second-order valence-electron chi connectivity index (χ2n) is 6.87. The lowest BCUT2D eigenvalue weighted by Gasteiger charge is -2.31. The Labute approximate surface area is 157 Å².